The minimum atomic E-state index is 0.333. The van der Waals surface area contributed by atoms with Gasteiger partial charge in [-0.25, -0.2) is 0 Å². The van der Waals surface area contributed by atoms with E-state index in [4.69, 9.17) is 4.74 Å². The van der Waals surface area contributed by atoms with E-state index in [9.17, 15) is 0 Å². The predicted molar refractivity (Wildman–Crippen MR) is 88.0 cm³/mol. The fourth-order valence-electron chi connectivity index (χ4n) is 4.14. The van der Waals surface area contributed by atoms with Gasteiger partial charge in [-0.3, -0.25) is 0 Å². The van der Waals surface area contributed by atoms with E-state index in [0.717, 1.165) is 11.7 Å². The Morgan fingerprint density at radius 1 is 1.19 bits per heavy atom. The molecule has 3 unspecified atom stereocenters. The van der Waals surface area contributed by atoms with Crippen molar-refractivity contribution >= 4 is 0 Å². The van der Waals surface area contributed by atoms with E-state index < -0.39 is 0 Å². The first-order chi connectivity index (χ1) is 10.3. The van der Waals surface area contributed by atoms with Crippen molar-refractivity contribution in [1.29, 1.82) is 0 Å². The zero-order chi connectivity index (χ0) is 14.7. The van der Waals surface area contributed by atoms with Crippen LogP contribution in [0.15, 0.2) is 18.2 Å². The quantitative estimate of drug-likeness (QED) is 0.880. The lowest BCUT2D eigenvalue weighted by Gasteiger charge is -2.36. The number of likely N-dealkylation sites (N-methyl/N-ethyl adjacent to an activating group) is 1. The van der Waals surface area contributed by atoms with Crippen LogP contribution in [0, 0.1) is 5.92 Å². The molecule has 0 bridgehead atoms. The number of fused-ring (bicyclic) bond motifs is 1. The molecule has 0 heterocycles. The molecule has 116 valence electrons. The smallest absolute Gasteiger partial charge is 0.120 e. The van der Waals surface area contributed by atoms with Crippen molar-refractivity contribution in [2.45, 2.75) is 70.4 Å². The van der Waals surface area contributed by atoms with Crippen LogP contribution in [0.25, 0.3) is 0 Å². The molecule has 3 rings (SSSR count). The van der Waals surface area contributed by atoms with Crippen LogP contribution >= 0.6 is 0 Å². The van der Waals surface area contributed by atoms with Crippen LogP contribution in [0.1, 0.15) is 56.6 Å². The Morgan fingerprint density at radius 2 is 2.05 bits per heavy atom. The third-order valence-electron chi connectivity index (χ3n) is 5.33. The molecule has 0 saturated heterocycles. The van der Waals surface area contributed by atoms with Gasteiger partial charge in [0.05, 0.1) is 0 Å². The average Bonchev–Trinajstić information content (AvgIpc) is 2.95. The minimum Gasteiger partial charge on any atom is -0.489 e. The highest BCUT2D eigenvalue weighted by Gasteiger charge is 2.30. The average molecular weight is 287 g/mol. The van der Waals surface area contributed by atoms with Gasteiger partial charge in [-0.1, -0.05) is 25.8 Å². The SMILES string of the molecule is CCCC1CCC(NC)C(Oc2ccc3c(c2)CCC3)C1. The zero-order valence-corrected chi connectivity index (χ0v) is 13.5. The zero-order valence-electron chi connectivity index (χ0n) is 13.5. The maximum absolute atomic E-state index is 6.40. The highest BCUT2D eigenvalue weighted by atomic mass is 16.5. The third kappa shape index (κ3) is 3.42. The summed E-state index contributed by atoms with van der Waals surface area (Å²) in [4.78, 5) is 0. The maximum atomic E-state index is 6.40. The molecule has 0 aromatic heterocycles. The molecule has 0 radical (unpaired) electrons. The number of rotatable bonds is 5. The highest BCUT2D eigenvalue weighted by Crippen LogP contribution is 2.32. The van der Waals surface area contributed by atoms with Crippen LogP contribution in [-0.4, -0.2) is 19.2 Å². The van der Waals surface area contributed by atoms with E-state index >= 15 is 0 Å². The van der Waals surface area contributed by atoms with Crippen molar-refractivity contribution in [3.8, 4) is 5.75 Å². The second kappa shape index (κ2) is 6.83. The Kier molecular flexibility index (Phi) is 4.84. The molecule has 1 fully saturated rings. The summed E-state index contributed by atoms with van der Waals surface area (Å²) in [5, 5.41) is 3.46. The van der Waals surface area contributed by atoms with Gasteiger partial charge in [0, 0.05) is 6.04 Å². The Balaban J connectivity index is 1.68. The van der Waals surface area contributed by atoms with Crippen molar-refractivity contribution in [1.82, 2.24) is 5.32 Å². The summed E-state index contributed by atoms with van der Waals surface area (Å²) in [5.74, 6) is 1.93. The monoisotopic (exact) mass is 287 g/mol. The number of ether oxygens (including phenoxy) is 1. The van der Waals surface area contributed by atoms with Gasteiger partial charge in [-0.2, -0.15) is 0 Å². The van der Waals surface area contributed by atoms with E-state index in [-0.39, 0.29) is 0 Å². The summed E-state index contributed by atoms with van der Waals surface area (Å²) >= 11 is 0. The summed E-state index contributed by atoms with van der Waals surface area (Å²) < 4.78 is 6.40. The second-order valence-electron chi connectivity index (χ2n) is 6.80. The molecule has 2 nitrogen and oxygen atoms in total. The molecule has 1 N–H and O–H groups in total. The molecule has 21 heavy (non-hydrogen) atoms. The van der Waals surface area contributed by atoms with E-state index in [1.165, 1.54) is 62.5 Å². The van der Waals surface area contributed by atoms with Crippen LogP contribution in [0.5, 0.6) is 5.75 Å². The van der Waals surface area contributed by atoms with Gasteiger partial charge in [0.25, 0.3) is 0 Å². The second-order valence-corrected chi connectivity index (χ2v) is 6.80. The molecule has 0 amide bonds. The van der Waals surface area contributed by atoms with E-state index in [0.29, 0.717) is 12.1 Å². The van der Waals surface area contributed by atoms with E-state index in [1.807, 2.05) is 0 Å². The standard InChI is InChI=1S/C19H29NO/c1-3-5-14-8-11-18(20-2)19(12-14)21-17-10-9-15-6-4-7-16(15)13-17/h9-10,13-14,18-20H,3-8,11-12H2,1-2H3. The van der Waals surface area contributed by atoms with Gasteiger partial charge < -0.3 is 10.1 Å². The number of nitrogens with one attached hydrogen (secondary N) is 1. The molecule has 1 aromatic rings. The van der Waals surface area contributed by atoms with Crippen LogP contribution in [0.2, 0.25) is 0 Å². The predicted octanol–water partition coefficient (Wildman–Crippen LogP) is 4.11. The van der Waals surface area contributed by atoms with Gasteiger partial charge in [0.15, 0.2) is 0 Å². The summed E-state index contributed by atoms with van der Waals surface area (Å²) in [5.41, 5.74) is 3.04. The summed E-state index contributed by atoms with van der Waals surface area (Å²) in [6.45, 7) is 2.29. The molecular formula is C19H29NO. The maximum Gasteiger partial charge on any atom is 0.120 e. The van der Waals surface area contributed by atoms with Crippen LogP contribution in [0.3, 0.4) is 0 Å². The first-order valence-electron chi connectivity index (χ1n) is 8.76. The molecule has 1 saturated carbocycles. The van der Waals surface area contributed by atoms with Crippen molar-refractivity contribution in [2.24, 2.45) is 5.92 Å². The Bertz CT molecular complexity index is 471. The highest BCUT2D eigenvalue weighted by molar-refractivity contribution is 5.38. The minimum absolute atomic E-state index is 0.333. The van der Waals surface area contributed by atoms with Crippen LogP contribution < -0.4 is 10.1 Å². The first kappa shape index (κ1) is 14.9. The molecule has 2 aliphatic rings. The Morgan fingerprint density at radius 3 is 2.86 bits per heavy atom. The van der Waals surface area contributed by atoms with Crippen molar-refractivity contribution in [3.05, 3.63) is 29.3 Å². The van der Waals surface area contributed by atoms with Gasteiger partial charge >= 0.3 is 0 Å². The topological polar surface area (TPSA) is 21.3 Å². The van der Waals surface area contributed by atoms with Gasteiger partial charge in [0.2, 0.25) is 0 Å². The van der Waals surface area contributed by atoms with Gasteiger partial charge in [-0.05, 0) is 74.8 Å². The van der Waals surface area contributed by atoms with Crippen molar-refractivity contribution < 1.29 is 4.74 Å². The lowest BCUT2D eigenvalue weighted by atomic mass is 9.81. The molecule has 0 aliphatic heterocycles. The summed E-state index contributed by atoms with van der Waals surface area (Å²) in [6.07, 6.45) is 10.6. The molecule has 1 aromatic carbocycles. The Labute approximate surface area is 129 Å². The fraction of sp³-hybridized carbons (Fsp3) is 0.684. The molecular weight excluding hydrogens is 258 g/mol. The third-order valence-corrected chi connectivity index (χ3v) is 5.33. The lowest BCUT2D eigenvalue weighted by molar-refractivity contribution is 0.0865. The number of aryl methyl sites for hydroxylation is 2. The number of benzene rings is 1. The number of hydrogen-bond acceptors (Lipinski definition) is 2. The molecule has 2 aliphatic carbocycles. The van der Waals surface area contributed by atoms with E-state index in [1.54, 1.807) is 0 Å². The van der Waals surface area contributed by atoms with Gasteiger partial charge in [-0.15, -0.1) is 0 Å². The van der Waals surface area contributed by atoms with Gasteiger partial charge in [0.1, 0.15) is 11.9 Å². The molecule has 0 spiro atoms. The normalized spacial score (nSPS) is 28.4. The number of hydrogen-bond donors (Lipinski definition) is 1. The summed E-state index contributed by atoms with van der Waals surface area (Å²) in [6, 6.07) is 7.25. The Hall–Kier alpha value is -1.02. The lowest BCUT2D eigenvalue weighted by Crippen LogP contribution is -2.45. The first-order valence-corrected chi connectivity index (χ1v) is 8.76. The van der Waals surface area contributed by atoms with Crippen molar-refractivity contribution in [3.63, 3.8) is 0 Å². The summed E-state index contributed by atoms with van der Waals surface area (Å²) in [7, 11) is 2.07. The van der Waals surface area contributed by atoms with Crippen LogP contribution in [0.4, 0.5) is 0 Å². The molecule has 3 atom stereocenters. The van der Waals surface area contributed by atoms with Crippen LogP contribution in [-0.2, 0) is 12.8 Å². The molecule has 2 heteroatoms. The largest absolute Gasteiger partial charge is 0.489 e. The van der Waals surface area contributed by atoms with Crippen molar-refractivity contribution in [2.75, 3.05) is 7.05 Å². The van der Waals surface area contributed by atoms with E-state index in [2.05, 4.69) is 37.5 Å². The fourth-order valence-corrected chi connectivity index (χ4v) is 4.14.